The van der Waals surface area contributed by atoms with E-state index in [1.54, 1.807) is 11.0 Å². The second-order valence-corrected chi connectivity index (χ2v) is 8.89. The molecule has 2 atom stereocenters. The Morgan fingerprint density at radius 1 is 1.06 bits per heavy atom. The van der Waals surface area contributed by atoms with Crippen LogP contribution in [0.25, 0.3) is 0 Å². The molecule has 0 radical (unpaired) electrons. The van der Waals surface area contributed by atoms with E-state index >= 15 is 0 Å². The first kappa shape index (κ1) is 23.0. The molecule has 2 aromatic rings. The summed E-state index contributed by atoms with van der Waals surface area (Å²) in [6, 6.07) is 15.6. The first-order chi connectivity index (χ1) is 16.0. The van der Waals surface area contributed by atoms with E-state index in [0.717, 1.165) is 18.5 Å². The van der Waals surface area contributed by atoms with Crippen LogP contribution in [-0.2, 0) is 9.59 Å². The van der Waals surface area contributed by atoms with Crippen molar-refractivity contribution in [2.45, 2.75) is 31.6 Å². The normalized spacial score (nSPS) is 20.7. The van der Waals surface area contributed by atoms with Gasteiger partial charge in [0.2, 0.25) is 11.8 Å². The van der Waals surface area contributed by atoms with Crippen LogP contribution in [0.3, 0.4) is 0 Å². The monoisotopic (exact) mass is 451 g/mol. The van der Waals surface area contributed by atoms with Crippen molar-refractivity contribution in [3.63, 3.8) is 0 Å². The fourth-order valence-electron chi connectivity index (χ4n) is 4.79. The summed E-state index contributed by atoms with van der Waals surface area (Å²) in [6.45, 7) is 2.73. The van der Waals surface area contributed by atoms with Crippen LogP contribution in [0.4, 0.5) is 4.39 Å². The van der Waals surface area contributed by atoms with Crippen molar-refractivity contribution >= 4 is 17.7 Å². The van der Waals surface area contributed by atoms with Gasteiger partial charge in [-0.2, -0.15) is 0 Å². The van der Waals surface area contributed by atoms with Crippen LogP contribution in [0.1, 0.15) is 47.5 Å². The summed E-state index contributed by atoms with van der Waals surface area (Å²) in [4.78, 5) is 41.4. The van der Waals surface area contributed by atoms with Gasteiger partial charge in [-0.3, -0.25) is 14.4 Å². The van der Waals surface area contributed by atoms with Gasteiger partial charge in [0, 0.05) is 50.6 Å². The Morgan fingerprint density at radius 3 is 2.61 bits per heavy atom. The fraction of sp³-hybridized carbons (Fsp3) is 0.423. The number of carbonyl (C=O) groups is 3. The van der Waals surface area contributed by atoms with E-state index in [-0.39, 0.29) is 35.1 Å². The van der Waals surface area contributed by atoms with E-state index in [2.05, 4.69) is 5.32 Å². The van der Waals surface area contributed by atoms with Crippen molar-refractivity contribution < 1.29 is 18.8 Å². The van der Waals surface area contributed by atoms with Crippen LogP contribution >= 0.6 is 0 Å². The number of hydrogen-bond donors (Lipinski definition) is 1. The van der Waals surface area contributed by atoms with Crippen molar-refractivity contribution in [2.24, 2.45) is 5.92 Å². The number of benzene rings is 2. The molecule has 2 aromatic carbocycles. The molecule has 2 saturated heterocycles. The number of halogens is 1. The molecule has 4 rings (SSSR count). The summed E-state index contributed by atoms with van der Waals surface area (Å²) in [5.74, 6) is -0.944. The number of nitrogens with one attached hydrogen (secondary N) is 1. The Bertz CT molecular complexity index is 997. The Morgan fingerprint density at radius 2 is 1.88 bits per heavy atom. The fourth-order valence-corrected chi connectivity index (χ4v) is 4.79. The molecule has 3 amide bonds. The maximum Gasteiger partial charge on any atom is 0.253 e. The van der Waals surface area contributed by atoms with Gasteiger partial charge in [-0.05, 0) is 43.0 Å². The maximum atomic E-state index is 13.7. The van der Waals surface area contributed by atoms with Gasteiger partial charge in [0.15, 0.2) is 0 Å². The Balaban J connectivity index is 1.41. The quantitative estimate of drug-likeness (QED) is 0.658. The van der Waals surface area contributed by atoms with Crippen molar-refractivity contribution in [1.82, 2.24) is 15.1 Å². The van der Waals surface area contributed by atoms with E-state index < -0.39 is 5.82 Å². The highest BCUT2D eigenvalue weighted by Crippen LogP contribution is 2.31. The molecular weight excluding hydrogens is 421 g/mol. The molecule has 0 aliphatic carbocycles. The van der Waals surface area contributed by atoms with Gasteiger partial charge in [-0.15, -0.1) is 0 Å². The van der Waals surface area contributed by atoms with Gasteiger partial charge in [0.05, 0.1) is 5.92 Å². The molecule has 2 fully saturated rings. The zero-order valence-electron chi connectivity index (χ0n) is 18.7. The van der Waals surface area contributed by atoms with Crippen LogP contribution < -0.4 is 5.32 Å². The standard InChI is InChI=1S/C26H30FN3O3/c27-23-10-4-9-20(16-23)26(33)30-17-21(19-7-2-1-3-8-19)15-22(18-30)25(32)28-12-6-14-29-13-5-11-24(29)31/h1-4,7-10,16,21-22H,5-6,11-15,17-18H2,(H,28,32). The molecular formula is C26H30FN3O3. The second kappa shape index (κ2) is 10.6. The summed E-state index contributed by atoms with van der Waals surface area (Å²) in [5, 5.41) is 3.00. The molecule has 6 nitrogen and oxygen atoms in total. The minimum absolute atomic E-state index is 0.0235. The zero-order chi connectivity index (χ0) is 23.2. The summed E-state index contributed by atoms with van der Waals surface area (Å²) < 4.78 is 13.7. The van der Waals surface area contributed by atoms with Crippen LogP contribution in [0.2, 0.25) is 0 Å². The number of hydrogen-bond acceptors (Lipinski definition) is 3. The third-order valence-electron chi connectivity index (χ3n) is 6.53. The molecule has 2 unspecified atom stereocenters. The number of rotatable bonds is 7. The molecule has 0 bridgehead atoms. The van der Waals surface area contributed by atoms with Crippen LogP contribution in [0.15, 0.2) is 54.6 Å². The van der Waals surface area contributed by atoms with E-state index in [4.69, 9.17) is 0 Å². The van der Waals surface area contributed by atoms with Gasteiger partial charge in [0.1, 0.15) is 5.82 Å². The van der Waals surface area contributed by atoms with Crippen LogP contribution in [-0.4, -0.2) is 60.2 Å². The minimum Gasteiger partial charge on any atom is -0.356 e. The number of nitrogens with zero attached hydrogens (tertiary/aromatic N) is 2. The van der Waals surface area contributed by atoms with Crippen molar-refractivity contribution in [3.05, 3.63) is 71.5 Å². The van der Waals surface area contributed by atoms with Crippen molar-refractivity contribution in [1.29, 1.82) is 0 Å². The van der Waals surface area contributed by atoms with E-state index in [1.165, 1.54) is 18.2 Å². The molecule has 0 aromatic heterocycles. The average molecular weight is 452 g/mol. The minimum atomic E-state index is -0.455. The van der Waals surface area contributed by atoms with Crippen molar-refractivity contribution in [2.75, 3.05) is 32.7 Å². The summed E-state index contributed by atoms with van der Waals surface area (Å²) in [5.41, 5.74) is 1.37. The third-order valence-corrected chi connectivity index (χ3v) is 6.53. The molecule has 0 spiro atoms. The molecule has 0 saturated carbocycles. The van der Waals surface area contributed by atoms with Gasteiger partial charge in [-0.25, -0.2) is 4.39 Å². The topological polar surface area (TPSA) is 69.7 Å². The van der Waals surface area contributed by atoms with Gasteiger partial charge in [0.25, 0.3) is 5.91 Å². The lowest BCUT2D eigenvalue weighted by Crippen LogP contribution is -2.48. The number of likely N-dealkylation sites (tertiary alicyclic amines) is 2. The summed E-state index contributed by atoms with van der Waals surface area (Å²) >= 11 is 0. The summed E-state index contributed by atoms with van der Waals surface area (Å²) in [7, 11) is 0. The molecule has 1 N–H and O–H groups in total. The highest BCUT2D eigenvalue weighted by molar-refractivity contribution is 5.94. The lowest BCUT2D eigenvalue weighted by atomic mass is 9.83. The average Bonchev–Trinajstić information content (AvgIpc) is 3.26. The Kier molecular flexibility index (Phi) is 7.37. The SMILES string of the molecule is O=C(NCCCN1CCCC1=O)C1CC(c2ccccc2)CN(C(=O)c2cccc(F)c2)C1. The maximum absolute atomic E-state index is 13.7. The Hall–Kier alpha value is -3.22. The molecule has 7 heteroatoms. The van der Waals surface area contributed by atoms with Crippen LogP contribution in [0.5, 0.6) is 0 Å². The highest BCUT2D eigenvalue weighted by Gasteiger charge is 2.35. The zero-order valence-corrected chi connectivity index (χ0v) is 18.7. The molecule has 33 heavy (non-hydrogen) atoms. The lowest BCUT2D eigenvalue weighted by molar-refractivity contribution is -0.127. The lowest BCUT2D eigenvalue weighted by Gasteiger charge is -2.37. The molecule has 174 valence electrons. The predicted octanol–water partition coefficient (Wildman–Crippen LogP) is 3.20. The number of amides is 3. The van der Waals surface area contributed by atoms with E-state index in [0.29, 0.717) is 45.4 Å². The first-order valence-electron chi connectivity index (χ1n) is 11.7. The molecule has 2 aliphatic heterocycles. The van der Waals surface area contributed by atoms with Crippen molar-refractivity contribution in [3.8, 4) is 0 Å². The van der Waals surface area contributed by atoms with Gasteiger partial charge >= 0.3 is 0 Å². The number of piperidine rings is 1. The van der Waals surface area contributed by atoms with E-state index in [9.17, 15) is 18.8 Å². The number of carbonyl (C=O) groups excluding carboxylic acids is 3. The predicted molar refractivity (Wildman–Crippen MR) is 123 cm³/mol. The Labute approximate surface area is 193 Å². The smallest absolute Gasteiger partial charge is 0.253 e. The highest BCUT2D eigenvalue weighted by atomic mass is 19.1. The first-order valence-corrected chi connectivity index (χ1v) is 11.7. The van der Waals surface area contributed by atoms with Gasteiger partial charge in [-0.1, -0.05) is 36.4 Å². The molecule has 2 aliphatic rings. The summed E-state index contributed by atoms with van der Waals surface area (Å²) in [6.07, 6.45) is 2.87. The second-order valence-electron chi connectivity index (χ2n) is 8.89. The molecule has 2 heterocycles. The van der Waals surface area contributed by atoms with E-state index in [1.807, 2.05) is 35.2 Å². The largest absolute Gasteiger partial charge is 0.356 e. The third kappa shape index (κ3) is 5.78. The van der Waals surface area contributed by atoms with Crippen LogP contribution in [0, 0.1) is 11.7 Å². The van der Waals surface area contributed by atoms with Gasteiger partial charge < -0.3 is 15.1 Å².